The van der Waals surface area contributed by atoms with Crippen molar-refractivity contribution in [1.29, 1.82) is 0 Å². The van der Waals surface area contributed by atoms with E-state index < -0.39 is 54.5 Å². The number of aliphatic imine (C=N–C) groups is 1. The average molecular weight is 530 g/mol. The molecule has 0 bridgehead atoms. The topological polar surface area (TPSA) is 264 Å². The molecule has 1 heterocycles. The molecule has 0 fully saturated rings. The zero-order chi connectivity index (χ0) is 27.1. The molecule has 0 aliphatic rings. The van der Waals surface area contributed by atoms with Crippen molar-refractivity contribution in [2.45, 2.75) is 49.9 Å². The summed E-state index contributed by atoms with van der Waals surface area (Å²) in [6.45, 7) is -0.420. The number of aromatic amines is 1. The number of carbonyl (C=O) groups excluding carboxylic acids is 3. The van der Waals surface area contributed by atoms with Gasteiger partial charge in [-0.3, -0.25) is 19.4 Å². The first kappa shape index (κ1) is 30.7. The van der Waals surface area contributed by atoms with Crippen molar-refractivity contribution >= 4 is 41.4 Å². The van der Waals surface area contributed by atoms with E-state index in [9.17, 15) is 24.3 Å². The Labute approximate surface area is 212 Å². The second kappa shape index (κ2) is 16.3. The van der Waals surface area contributed by atoms with Crippen LogP contribution in [0, 0.1) is 0 Å². The predicted octanol–water partition coefficient (Wildman–Crippen LogP) is -3.38. The van der Waals surface area contributed by atoms with Gasteiger partial charge >= 0.3 is 5.97 Å². The molecule has 16 heteroatoms. The van der Waals surface area contributed by atoms with Gasteiger partial charge in [0.25, 0.3) is 0 Å². The number of carboxylic acids is 1. The highest BCUT2D eigenvalue weighted by molar-refractivity contribution is 7.98. The van der Waals surface area contributed by atoms with Gasteiger partial charge in [0.2, 0.25) is 17.7 Å². The molecule has 0 aliphatic heterocycles. The number of imidazole rings is 1. The summed E-state index contributed by atoms with van der Waals surface area (Å²) in [5.74, 6) is -3.00. The molecule has 1 aromatic heterocycles. The molecule has 4 unspecified atom stereocenters. The normalized spacial score (nSPS) is 14.1. The SMILES string of the molecule is CSCCC(NC(=O)C(N)CO)C(=O)NC(Cc1cnc[nH]1)C(=O)NC(CCCN=C(N)N)C(=O)O. The first-order chi connectivity index (χ1) is 17.1. The maximum Gasteiger partial charge on any atom is 0.326 e. The summed E-state index contributed by atoms with van der Waals surface area (Å²) in [7, 11) is 0. The fourth-order valence-corrected chi connectivity index (χ4v) is 3.47. The van der Waals surface area contributed by atoms with Crippen LogP contribution >= 0.6 is 11.8 Å². The quantitative estimate of drug-likeness (QED) is 0.0545. The lowest BCUT2D eigenvalue weighted by molar-refractivity contribution is -0.142. The summed E-state index contributed by atoms with van der Waals surface area (Å²) < 4.78 is 0. The number of aliphatic carboxylic acids is 1. The van der Waals surface area contributed by atoms with Crippen LogP contribution < -0.4 is 33.2 Å². The van der Waals surface area contributed by atoms with Gasteiger partial charge in [0, 0.05) is 24.9 Å². The highest BCUT2D eigenvalue weighted by atomic mass is 32.2. The van der Waals surface area contributed by atoms with Gasteiger partial charge in [-0.2, -0.15) is 11.8 Å². The standard InChI is InChI=1S/C20H35N9O6S/c1-36-6-4-13(27-16(31)12(21)9-30)17(32)29-15(7-11-8-24-10-26-11)18(33)28-14(19(34)35)3-2-5-25-20(22)23/h8,10,12-15,30H,2-7,9,21H2,1H3,(H,24,26)(H,27,31)(H,28,33)(H,29,32)(H,34,35)(H4,22,23,25). The monoisotopic (exact) mass is 529 g/mol. The molecule has 12 N–H and O–H groups in total. The Kier molecular flexibility index (Phi) is 13.9. The molecule has 202 valence electrons. The first-order valence-electron chi connectivity index (χ1n) is 11.1. The molecule has 0 radical (unpaired) electrons. The van der Waals surface area contributed by atoms with Gasteiger partial charge in [-0.15, -0.1) is 0 Å². The minimum absolute atomic E-state index is 0.0166. The van der Waals surface area contributed by atoms with Crippen molar-refractivity contribution in [2.75, 3.05) is 25.2 Å². The number of aliphatic hydroxyl groups excluding tert-OH is 1. The molecule has 0 spiro atoms. The van der Waals surface area contributed by atoms with E-state index >= 15 is 0 Å². The minimum Gasteiger partial charge on any atom is -0.480 e. The number of thioether (sulfide) groups is 1. The van der Waals surface area contributed by atoms with E-state index in [0.717, 1.165) is 0 Å². The van der Waals surface area contributed by atoms with Gasteiger partial charge in [-0.05, 0) is 31.3 Å². The van der Waals surface area contributed by atoms with Crippen LogP contribution in [0.4, 0.5) is 0 Å². The minimum atomic E-state index is -1.26. The highest BCUT2D eigenvalue weighted by Gasteiger charge is 2.30. The number of aliphatic hydroxyl groups is 1. The third-order valence-electron chi connectivity index (χ3n) is 4.95. The third kappa shape index (κ3) is 11.4. The van der Waals surface area contributed by atoms with Crippen molar-refractivity contribution in [3.05, 3.63) is 18.2 Å². The highest BCUT2D eigenvalue weighted by Crippen LogP contribution is 2.06. The van der Waals surface area contributed by atoms with Crippen LogP contribution in [0.2, 0.25) is 0 Å². The number of rotatable bonds is 17. The molecule has 15 nitrogen and oxygen atoms in total. The van der Waals surface area contributed by atoms with Gasteiger partial charge in [0.05, 0.1) is 12.9 Å². The van der Waals surface area contributed by atoms with Crippen molar-refractivity contribution in [1.82, 2.24) is 25.9 Å². The fourth-order valence-electron chi connectivity index (χ4n) is 3.00. The molecule has 1 aromatic rings. The maximum atomic E-state index is 13.0. The second-order valence-electron chi connectivity index (χ2n) is 7.82. The number of guanidine groups is 1. The number of carbonyl (C=O) groups is 4. The van der Waals surface area contributed by atoms with Gasteiger partial charge < -0.3 is 48.3 Å². The van der Waals surface area contributed by atoms with E-state index in [1.807, 2.05) is 6.26 Å². The Bertz CT molecular complexity index is 879. The van der Waals surface area contributed by atoms with Crippen LogP contribution in [0.5, 0.6) is 0 Å². The lowest BCUT2D eigenvalue weighted by Crippen LogP contribution is -2.58. The van der Waals surface area contributed by atoms with Crippen LogP contribution in [0.15, 0.2) is 17.5 Å². The molecule has 36 heavy (non-hydrogen) atoms. The largest absolute Gasteiger partial charge is 0.480 e. The molecule has 3 amide bonds. The summed E-state index contributed by atoms with van der Waals surface area (Å²) >= 11 is 1.45. The molecule has 0 aromatic carbocycles. The molecule has 1 rings (SSSR count). The van der Waals surface area contributed by atoms with Crippen LogP contribution in [-0.4, -0.2) is 99.2 Å². The predicted molar refractivity (Wildman–Crippen MR) is 134 cm³/mol. The number of aromatic nitrogens is 2. The van der Waals surface area contributed by atoms with Gasteiger partial charge in [-0.1, -0.05) is 0 Å². The van der Waals surface area contributed by atoms with Crippen LogP contribution in [0.25, 0.3) is 0 Å². The summed E-state index contributed by atoms with van der Waals surface area (Å²) in [4.78, 5) is 60.4. The molecule has 0 saturated heterocycles. The summed E-state index contributed by atoms with van der Waals surface area (Å²) in [5.41, 5.74) is 16.6. The smallest absolute Gasteiger partial charge is 0.326 e. The molecule has 0 saturated carbocycles. The van der Waals surface area contributed by atoms with Crippen LogP contribution in [-0.2, 0) is 25.6 Å². The first-order valence-corrected chi connectivity index (χ1v) is 12.5. The number of hydrogen-bond donors (Lipinski definition) is 9. The number of nitrogens with two attached hydrogens (primary N) is 3. The van der Waals surface area contributed by atoms with E-state index in [4.69, 9.17) is 22.3 Å². The van der Waals surface area contributed by atoms with E-state index in [1.165, 1.54) is 24.3 Å². The fraction of sp³-hybridized carbons (Fsp3) is 0.600. The number of carboxylic acid groups (broad SMARTS) is 1. The lowest BCUT2D eigenvalue weighted by Gasteiger charge is -2.25. The third-order valence-corrected chi connectivity index (χ3v) is 5.59. The molecule has 4 atom stereocenters. The van der Waals surface area contributed by atoms with Gasteiger partial charge in [-0.25, -0.2) is 9.78 Å². The van der Waals surface area contributed by atoms with Crippen LogP contribution in [0.3, 0.4) is 0 Å². The van der Waals surface area contributed by atoms with E-state index in [2.05, 4.69) is 30.9 Å². The molecular formula is C20H35N9O6S. The summed E-state index contributed by atoms with van der Waals surface area (Å²) in [6.07, 6.45) is 5.24. The Morgan fingerprint density at radius 1 is 1.08 bits per heavy atom. The van der Waals surface area contributed by atoms with Crippen molar-refractivity contribution in [3.8, 4) is 0 Å². The summed E-state index contributed by atoms with van der Waals surface area (Å²) in [6, 6.07) is -4.68. The van der Waals surface area contributed by atoms with E-state index in [0.29, 0.717) is 17.9 Å². The Balaban J connectivity index is 2.99. The van der Waals surface area contributed by atoms with E-state index in [-0.39, 0.29) is 31.8 Å². The van der Waals surface area contributed by atoms with Crippen molar-refractivity contribution < 1.29 is 29.4 Å². The summed E-state index contributed by atoms with van der Waals surface area (Å²) in [5, 5.41) is 26.1. The number of H-pyrrole nitrogens is 1. The Hall–Kier alpha value is -3.37. The number of nitrogens with zero attached hydrogens (tertiary/aromatic N) is 2. The van der Waals surface area contributed by atoms with Gasteiger partial charge in [0.15, 0.2) is 5.96 Å². The molecule has 0 aliphatic carbocycles. The number of amides is 3. The zero-order valence-electron chi connectivity index (χ0n) is 20.0. The van der Waals surface area contributed by atoms with Gasteiger partial charge in [0.1, 0.15) is 24.2 Å². The Morgan fingerprint density at radius 3 is 2.28 bits per heavy atom. The van der Waals surface area contributed by atoms with E-state index in [1.54, 1.807) is 0 Å². The Morgan fingerprint density at radius 2 is 1.72 bits per heavy atom. The van der Waals surface area contributed by atoms with Crippen molar-refractivity contribution in [2.24, 2.45) is 22.2 Å². The number of hydrogen-bond acceptors (Lipinski definition) is 9. The average Bonchev–Trinajstić information content (AvgIpc) is 3.35. The van der Waals surface area contributed by atoms with Crippen LogP contribution in [0.1, 0.15) is 25.0 Å². The molecular weight excluding hydrogens is 494 g/mol. The number of nitrogens with one attached hydrogen (secondary N) is 4. The van der Waals surface area contributed by atoms with Crippen molar-refractivity contribution in [3.63, 3.8) is 0 Å². The second-order valence-corrected chi connectivity index (χ2v) is 8.81. The lowest BCUT2D eigenvalue weighted by atomic mass is 10.1. The maximum absolute atomic E-state index is 13.0. The zero-order valence-corrected chi connectivity index (χ0v) is 20.8.